The van der Waals surface area contributed by atoms with E-state index in [2.05, 4.69) is 6.07 Å². The fraction of sp³-hybridized carbons (Fsp3) is 0.273. The third-order valence-corrected chi connectivity index (χ3v) is 2.58. The first kappa shape index (κ1) is 10.7. The normalized spacial score (nSPS) is 11.9. The van der Waals surface area contributed by atoms with Crippen molar-refractivity contribution in [3.63, 3.8) is 0 Å². The number of nitriles is 1. The minimum absolute atomic E-state index is 0.0872. The van der Waals surface area contributed by atoms with Crippen molar-refractivity contribution < 1.29 is 4.79 Å². The van der Waals surface area contributed by atoms with Crippen LogP contribution >= 0.6 is 11.6 Å². The lowest BCUT2D eigenvalue weighted by Crippen LogP contribution is -2.02. The molecule has 0 fully saturated rings. The van der Waals surface area contributed by atoms with Gasteiger partial charge in [0.05, 0.1) is 11.6 Å². The number of ketones is 1. The van der Waals surface area contributed by atoms with Crippen LogP contribution in [0.2, 0.25) is 0 Å². The minimum Gasteiger partial charge on any atom is -0.298 e. The summed E-state index contributed by atoms with van der Waals surface area (Å²) in [6.45, 7) is 3.27. The van der Waals surface area contributed by atoms with Crippen LogP contribution in [0.15, 0.2) is 18.2 Å². The lowest BCUT2D eigenvalue weighted by Gasteiger charge is -2.07. The topological polar surface area (TPSA) is 40.9 Å². The molecule has 0 radical (unpaired) electrons. The zero-order chi connectivity index (χ0) is 10.7. The van der Waals surface area contributed by atoms with Gasteiger partial charge in [-0.25, -0.2) is 0 Å². The van der Waals surface area contributed by atoms with Gasteiger partial charge in [0.1, 0.15) is 5.38 Å². The van der Waals surface area contributed by atoms with E-state index in [4.69, 9.17) is 16.9 Å². The Morgan fingerprint density at radius 3 is 2.64 bits per heavy atom. The molecule has 72 valence electrons. The van der Waals surface area contributed by atoms with Crippen LogP contribution in [0.5, 0.6) is 0 Å². The van der Waals surface area contributed by atoms with E-state index in [-0.39, 0.29) is 5.78 Å². The summed E-state index contributed by atoms with van der Waals surface area (Å²) in [7, 11) is 0. The molecule has 0 saturated heterocycles. The van der Waals surface area contributed by atoms with Crippen molar-refractivity contribution in [3.05, 3.63) is 34.9 Å². The number of carbonyl (C=O) groups excluding carboxylic acids is 1. The maximum atomic E-state index is 11.0. The molecule has 1 atom stereocenters. The van der Waals surface area contributed by atoms with E-state index in [1.165, 1.54) is 6.92 Å². The van der Waals surface area contributed by atoms with Crippen molar-refractivity contribution >= 4 is 17.4 Å². The standard InChI is InChI=1S/C11H10ClNO/c1-7-5-9(11(12)8(2)14)3-4-10(7)6-13/h3-5,11H,1-2H3. The van der Waals surface area contributed by atoms with Gasteiger partial charge in [-0.15, -0.1) is 11.6 Å². The van der Waals surface area contributed by atoms with Crippen molar-refractivity contribution in [1.82, 2.24) is 0 Å². The smallest absolute Gasteiger partial charge is 0.152 e. The number of rotatable bonds is 2. The first-order valence-electron chi connectivity index (χ1n) is 4.21. The lowest BCUT2D eigenvalue weighted by atomic mass is 10.0. The van der Waals surface area contributed by atoms with Gasteiger partial charge in [0.2, 0.25) is 0 Å². The van der Waals surface area contributed by atoms with Gasteiger partial charge >= 0.3 is 0 Å². The predicted octanol–water partition coefficient (Wildman–Crippen LogP) is 2.74. The van der Waals surface area contributed by atoms with E-state index in [1.807, 2.05) is 6.92 Å². The van der Waals surface area contributed by atoms with Crippen LogP contribution in [0.25, 0.3) is 0 Å². The van der Waals surface area contributed by atoms with Gasteiger partial charge in [-0.3, -0.25) is 4.79 Å². The molecule has 2 nitrogen and oxygen atoms in total. The Balaban J connectivity index is 3.10. The Morgan fingerprint density at radius 1 is 1.57 bits per heavy atom. The molecular formula is C11H10ClNO. The van der Waals surface area contributed by atoms with Gasteiger partial charge in [0.25, 0.3) is 0 Å². The third-order valence-electron chi connectivity index (χ3n) is 2.02. The summed E-state index contributed by atoms with van der Waals surface area (Å²) in [5.74, 6) is -0.0872. The van der Waals surface area contributed by atoms with E-state index in [0.717, 1.165) is 11.1 Å². The number of Topliss-reactive ketones (excluding diaryl/α,β-unsaturated/α-hetero) is 1. The highest BCUT2D eigenvalue weighted by atomic mass is 35.5. The van der Waals surface area contributed by atoms with E-state index >= 15 is 0 Å². The van der Waals surface area contributed by atoms with Crippen LogP contribution in [0.4, 0.5) is 0 Å². The average Bonchev–Trinajstić information content (AvgIpc) is 2.16. The second-order valence-corrected chi connectivity index (χ2v) is 3.60. The summed E-state index contributed by atoms with van der Waals surface area (Å²) >= 11 is 5.88. The summed E-state index contributed by atoms with van der Waals surface area (Å²) in [6, 6.07) is 7.23. The molecule has 1 aromatic carbocycles. The number of alkyl halides is 1. The molecule has 14 heavy (non-hydrogen) atoms. The zero-order valence-corrected chi connectivity index (χ0v) is 8.80. The average molecular weight is 208 g/mol. The van der Waals surface area contributed by atoms with Crippen molar-refractivity contribution in [2.75, 3.05) is 0 Å². The fourth-order valence-electron chi connectivity index (χ4n) is 1.20. The maximum Gasteiger partial charge on any atom is 0.152 e. The number of halogens is 1. The SMILES string of the molecule is CC(=O)C(Cl)c1ccc(C#N)c(C)c1. The highest BCUT2D eigenvalue weighted by Gasteiger charge is 2.13. The lowest BCUT2D eigenvalue weighted by molar-refractivity contribution is -0.116. The molecule has 0 N–H and O–H groups in total. The quantitative estimate of drug-likeness (QED) is 0.700. The second kappa shape index (κ2) is 4.26. The Morgan fingerprint density at radius 2 is 2.21 bits per heavy atom. The molecule has 0 amide bonds. The van der Waals surface area contributed by atoms with Crippen LogP contribution in [-0.4, -0.2) is 5.78 Å². The molecule has 0 aromatic heterocycles. The summed E-state index contributed by atoms with van der Waals surface area (Å²) in [4.78, 5) is 11.0. The molecular weight excluding hydrogens is 198 g/mol. The molecule has 0 spiro atoms. The molecule has 1 aromatic rings. The molecule has 1 unspecified atom stereocenters. The summed E-state index contributed by atoms with van der Waals surface area (Å²) in [5.41, 5.74) is 2.20. The van der Waals surface area contributed by atoms with Crippen molar-refractivity contribution in [2.24, 2.45) is 0 Å². The number of nitrogens with zero attached hydrogens (tertiary/aromatic N) is 1. The first-order chi connectivity index (χ1) is 6.56. The van der Waals surface area contributed by atoms with Gasteiger partial charge in [-0.2, -0.15) is 5.26 Å². The van der Waals surface area contributed by atoms with Crippen molar-refractivity contribution in [3.8, 4) is 6.07 Å². The number of benzene rings is 1. The van der Waals surface area contributed by atoms with Gasteiger partial charge in [0, 0.05) is 0 Å². The third kappa shape index (κ3) is 2.12. The van der Waals surface area contributed by atoms with Gasteiger partial charge < -0.3 is 0 Å². The molecule has 3 heteroatoms. The van der Waals surface area contributed by atoms with Crippen molar-refractivity contribution in [2.45, 2.75) is 19.2 Å². The van der Waals surface area contributed by atoms with E-state index < -0.39 is 5.38 Å². The Kier molecular flexibility index (Phi) is 3.27. The Labute approximate surface area is 88.1 Å². The number of aryl methyl sites for hydroxylation is 1. The summed E-state index contributed by atoms with van der Waals surface area (Å²) in [6.07, 6.45) is 0. The monoisotopic (exact) mass is 207 g/mol. The van der Waals surface area contributed by atoms with Gasteiger partial charge in [-0.05, 0) is 31.0 Å². The van der Waals surface area contributed by atoms with Gasteiger partial charge in [-0.1, -0.05) is 12.1 Å². The van der Waals surface area contributed by atoms with E-state index in [0.29, 0.717) is 5.56 Å². The van der Waals surface area contributed by atoms with Crippen LogP contribution in [-0.2, 0) is 4.79 Å². The largest absolute Gasteiger partial charge is 0.298 e. The van der Waals surface area contributed by atoms with E-state index in [9.17, 15) is 4.79 Å². The molecule has 0 aliphatic carbocycles. The van der Waals surface area contributed by atoms with E-state index in [1.54, 1.807) is 18.2 Å². The zero-order valence-electron chi connectivity index (χ0n) is 8.04. The van der Waals surface area contributed by atoms with Crippen LogP contribution in [0.1, 0.15) is 29.0 Å². The Hall–Kier alpha value is -1.33. The molecule has 0 saturated carbocycles. The molecule has 0 aliphatic rings. The number of hydrogen-bond donors (Lipinski definition) is 0. The summed E-state index contributed by atoms with van der Waals surface area (Å²) < 4.78 is 0. The number of carbonyl (C=O) groups is 1. The fourth-order valence-corrected chi connectivity index (χ4v) is 1.34. The summed E-state index contributed by atoms with van der Waals surface area (Å²) in [5, 5.41) is 8.10. The van der Waals surface area contributed by atoms with Crippen LogP contribution in [0, 0.1) is 18.3 Å². The first-order valence-corrected chi connectivity index (χ1v) is 4.65. The molecule has 0 heterocycles. The maximum absolute atomic E-state index is 11.0. The molecule has 0 aliphatic heterocycles. The number of hydrogen-bond acceptors (Lipinski definition) is 2. The minimum atomic E-state index is -0.610. The molecule has 1 rings (SSSR count). The van der Waals surface area contributed by atoms with Crippen molar-refractivity contribution in [1.29, 1.82) is 5.26 Å². The van der Waals surface area contributed by atoms with Crippen LogP contribution in [0.3, 0.4) is 0 Å². The highest BCUT2D eigenvalue weighted by Crippen LogP contribution is 2.23. The highest BCUT2D eigenvalue weighted by molar-refractivity contribution is 6.30. The van der Waals surface area contributed by atoms with Gasteiger partial charge in [0.15, 0.2) is 5.78 Å². The molecule has 0 bridgehead atoms. The van der Waals surface area contributed by atoms with Crippen LogP contribution < -0.4 is 0 Å². The Bertz CT molecular complexity index is 406. The second-order valence-electron chi connectivity index (χ2n) is 3.16. The predicted molar refractivity (Wildman–Crippen MR) is 55.2 cm³/mol.